The molecule has 2 rings (SSSR count). The van der Waals surface area contributed by atoms with Gasteiger partial charge in [0.05, 0.1) is 12.3 Å². The summed E-state index contributed by atoms with van der Waals surface area (Å²) in [6.07, 6.45) is 2.04. The van der Waals surface area contributed by atoms with E-state index in [0.717, 1.165) is 22.9 Å². The fourth-order valence-corrected chi connectivity index (χ4v) is 2.77. The molecule has 1 unspecified atom stereocenters. The van der Waals surface area contributed by atoms with Crippen LogP contribution in [0.15, 0.2) is 29.4 Å². The summed E-state index contributed by atoms with van der Waals surface area (Å²) in [6, 6.07) is 6.01. The SMILES string of the molecule is CC(CO)Sc1nc2ccccn2c1CNC(C)(C)C. The van der Waals surface area contributed by atoms with Gasteiger partial charge in [-0.25, -0.2) is 4.98 Å². The van der Waals surface area contributed by atoms with Gasteiger partial charge in [-0.2, -0.15) is 0 Å². The Morgan fingerprint density at radius 3 is 2.80 bits per heavy atom. The van der Waals surface area contributed by atoms with Crippen molar-refractivity contribution < 1.29 is 5.11 Å². The van der Waals surface area contributed by atoms with Crippen molar-refractivity contribution in [3.63, 3.8) is 0 Å². The summed E-state index contributed by atoms with van der Waals surface area (Å²) in [5, 5.41) is 13.9. The molecule has 2 aromatic heterocycles. The van der Waals surface area contributed by atoms with E-state index in [1.165, 1.54) is 0 Å². The van der Waals surface area contributed by atoms with Crippen molar-refractivity contribution >= 4 is 17.4 Å². The van der Waals surface area contributed by atoms with E-state index in [0.29, 0.717) is 0 Å². The summed E-state index contributed by atoms with van der Waals surface area (Å²) in [5.74, 6) is 0. The van der Waals surface area contributed by atoms with E-state index in [4.69, 9.17) is 0 Å². The lowest BCUT2D eigenvalue weighted by Gasteiger charge is -2.21. The normalized spacial score (nSPS) is 13.8. The highest BCUT2D eigenvalue weighted by Gasteiger charge is 2.17. The number of nitrogens with zero attached hydrogens (tertiary/aromatic N) is 2. The van der Waals surface area contributed by atoms with Crippen molar-refractivity contribution in [1.82, 2.24) is 14.7 Å². The number of aliphatic hydroxyl groups excluding tert-OH is 1. The summed E-state index contributed by atoms with van der Waals surface area (Å²) in [4.78, 5) is 4.68. The van der Waals surface area contributed by atoms with Crippen molar-refractivity contribution in [3.8, 4) is 0 Å². The number of fused-ring (bicyclic) bond motifs is 1. The molecule has 0 amide bonds. The van der Waals surface area contributed by atoms with E-state index in [1.807, 2.05) is 31.3 Å². The smallest absolute Gasteiger partial charge is 0.138 e. The average Bonchev–Trinajstić information content (AvgIpc) is 2.72. The number of pyridine rings is 1. The van der Waals surface area contributed by atoms with Gasteiger partial charge in [0.2, 0.25) is 0 Å². The lowest BCUT2D eigenvalue weighted by molar-refractivity contribution is 0.300. The molecule has 0 bridgehead atoms. The zero-order valence-corrected chi connectivity index (χ0v) is 13.4. The molecule has 110 valence electrons. The Morgan fingerprint density at radius 2 is 2.15 bits per heavy atom. The van der Waals surface area contributed by atoms with Gasteiger partial charge in [0.15, 0.2) is 0 Å². The third-order valence-corrected chi connectivity index (χ3v) is 4.05. The van der Waals surface area contributed by atoms with Crippen LogP contribution < -0.4 is 5.32 Å². The van der Waals surface area contributed by atoms with E-state index in [9.17, 15) is 5.11 Å². The predicted octanol–water partition coefficient (Wildman–Crippen LogP) is 2.70. The molecule has 20 heavy (non-hydrogen) atoms. The maximum absolute atomic E-state index is 9.25. The summed E-state index contributed by atoms with van der Waals surface area (Å²) in [7, 11) is 0. The quantitative estimate of drug-likeness (QED) is 0.832. The van der Waals surface area contributed by atoms with Crippen LogP contribution in [0.25, 0.3) is 5.65 Å². The third kappa shape index (κ3) is 3.75. The molecule has 0 aliphatic rings. The van der Waals surface area contributed by atoms with Crippen LogP contribution in [0.5, 0.6) is 0 Å². The first-order chi connectivity index (χ1) is 9.40. The van der Waals surface area contributed by atoms with Crippen LogP contribution in [0.3, 0.4) is 0 Å². The Bertz CT molecular complexity index is 574. The average molecular weight is 293 g/mol. The maximum Gasteiger partial charge on any atom is 0.138 e. The molecule has 0 fully saturated rings. The van der Waals surface area contributed by atoms with Crippen LogP contribution in [-0.2, 0) is 6.54 Å². The molecular formula is C15H23N3OS. The maximum atomic E-state index is 9.25. The number of thioether (sulfide) groups is 1. The lowest BCUT2D eigenvalue weighted by Crippen LogP contribution is -2.35. The zero-order valence-electron chi connectivity index (χ0n) is 12.6. The summed E-state index contributed by atoms with van der Waals surface area (Å²) < 4.78 is 2.12. The number of imidazole rings is 1. The topological polar surface area (TPSA) is 49.6 Å². The highest BCUT2D eigenvalue weighted by Crippen LogP contribution is 2.27. The Kier molecular flexibility index (Phi) is 4.73. The van der Waals surface area contributed by atoms with Gasteiger partial charge in [0, 0.05) is 23.5 Å². The number of rotatable bonds is 5. The van der Waals surface area contributed by atoms with Crippen molar-refractivity contribution in [2.45, 2.75) is 50.1 Å². The van der Waals surface area contributed by atoms with Crippen LogP contribution >= 0.6 is 11.8 Å². The Balaban J connectivity index is 2.34. The first-order valence-corrected chi connectivity index (χ1v) is 7.77. The van der Waals surface area contributed by atoms with Gasteiger partial charge in [-0.05, 0) is 32.9 Å². The number of aliphatic hydroxyl groups is 1. The minimum absolute atomic E-state index is 0.0590. The fourth-order valence-electron chi connectivity index (χ4n) is 1.86. The molecular weight excluding hydrogens is 270 g/mol. The summed E-state index contributed by atoms with van der Waals surface area (Å²) >= 11 is 1.62. The van der Waals surface area contributed by atoms with Crippen LogP contribution in [0.1, 0.15) is 33.4 Å². The van der Waals surface area contributed by atoms with E-state index in [2.05, 4.69) is 35.5 Å². The lowest BCUT2D eigenvalue weighted by atomic mass is 10.1. The predicted molar refractivity (Wildman–Crippen MR) is 84.2 cm³/mol. The van der Waals surface area contributed by atoms with Crippen molar-refractivity contribution in [1.29, 1.82) is 0 Å². The van der Waals surface area contributed by atoms with Gasteiger partial charge < -0.3 is 14.8 Å². The summed E-state index contributed by atoms with van der Waals surface area (Å²) in [5.41, 5.74) is 2.16. The minimum Gasteiger partial charge on any atom is -0.395 e. The summed E-state index contributed by atoms with van der Waals surface area (Å²) in [6.45, 7) is 9.38. The molecule has 0 aliphatic heterocycles. The number of aromatic nitrogens is 2. The second kappa shape index (κ2) is 6.16. The zero-order chi connectivity index (χ0) is 14.8. The van der Waals surface area contributed by atoms with Crippen molar-refractivity contribution in [2.75, 3.05) is 6.61 Å². The van der Waals surface area contributed by atoms with Crippen molar-refractivity contribution in [3.05, 3.63) is 30.1 Å². The Labute approximate surface area is 124 Å². The Hall–Kier alpha value is -1.04. The molecule has 0 aromatic carbocycles. The van der Waals surface area contributed by atoms with Gasteiger partial charge >= 0.3 is 0 Å². The minimum atomic E-state index is 0.0590. The van der Waals surface area contributed by atoms with Gasteiger partial charge in [0.25, 0.3) is 0 Å². The Morgan fingerprint density at radius 1 is 1.40 bits per heavy atom. The highest BCUT2D eigenvalue weighted by atomic mass is 32.2. The van der Waals surface area contributed by atoms with E-state index < -0.39 is 0 Å². The number of hydrogen-bond acceptors (Lipinski definition) is 4. The van der Waals surface area contributed by atoms with E-state index in [-0.39, 0.29) is 17.4 Å². The van der Waals surface area contributed by atoms with Gasteiger partial charge in [0.1, 0.15) is 10.7 Å². The van der Waals surface area contributed by atoms with Crippen LogP contribution in [-0.4, -0.2) is 31.9 Å². The molecule has 2 heterocycles. The monoisotopic (exact) mass is 293 g/mol. The van der Waals surface area contributed by atoms with Gasteiger partial charge in [-0.3, -0.25) is 0 Å². The fraction of sp³-hybridized carbons (Fsp3) is 0.533. The molecule has 1 atom stereocenters. The highest BCUT2D eigenvalue weighted by molar-refractivity contribution is 7.99. The molecule has 2 aromatic rings. The number of nitrogens with one attached hydrogen (secondary N) is 1. The molecule has 0 spiro atoms. The molecule has 0 saturated heterocycles. The van der Waals surface area contributed by atoms with Crippen LogP contribution in [0, 0.1) is 0 Å². The van der Waals surface area contributed by atoms with Crippen LogP contribution in [0.2, 0.25) is 0 Å². The number of hydrogen-bond donors (Lipinski definition) is 2. The second-order valence-corrected chi connectivity index (χ2v) is 7.43. The third-order valence-electron chi connectivity index (χ3n) is 2.95. The van der Waals surface area contributed by atoms with E-state index in [1.54, 1.807) is 11.8 Å². The molecule has 0 aliphatic carbocycles. The molecule has 0 saturated carbocycles. The van der Waals surface area contributed by atoms with Gasteiger partial charge in [-0.15, -0.1) is 0 Å². The second-order valence-electron chi connectivity index (χ2n) is 6.01. The van der Waals surface area contributed by atoms with Crippen molar-refractivity contribution in [2.24, 2.45) is 0 Å². The standard InChI is InChI=1S/C15H23N3OS/c1-11(10-19)20-14-12(9-16-15(2,3)4)18-8-6-5-7-13(18)17-14/h5-8,11,16,19H,9-10H2,1-4H3. The molecule has 5 heteroatoms. The first-order valence-electron chi connectivity index (χ1n) is 6.89. The molecule has 0 radical (unpaired) electrons. The largest absolute Gasteiger partial charge is 0.395 e. The van der Waals surface area contributed by atoms with Gasteiger partial charge in [-0.1, -0.05) is 24.8 Å². The van der Waals surface area contributed by atoms with E-state index >= 15 is 0 Å². The first kappa shape index (κ1) is 15.4. The molecule has 2 N–H and O–H groups in total. The molecule has 4 nitrogen and oxygen atoms in total. The van der Waals surface area contributed by atoms with Crippen LogP contribution in [0.4, 0.5) is 0 Å².